The summed E-state index contributed by atoms with van der Waals surface area (Å²) in [6.45, 7) is 2.60. The molecular weight excluding hydrogens is 372 g/mol. The van der Waals surface area contributed by atoms with Gasteiger partial charge < -0.3 is 35.2 Å². The third-order valence-electron chi connectivity index (χ3n) is 4.28. The Morgan fingerprint density at radius 1 is 1.25 bits per heavy atom. The van der Waals surface area contributed by atoms with Gasteiger partial charge in [-0.25, -0.2) is 9.59 Å². The number of ether oxygens (including phenoxy) is 2. The smallest absolute Gasteiger partial charge is 0.409 e. The van der Waals surface area contributed by atoms with Gasteiger partial charge in [0.2, 0.25) is 0 Å². The fourth-order valence-corrected chi connectivity index (χ4v) is 2.85. The molecule has 0 aliphatic carbocycles. The van der Waals surface area contributed by atoms with Gasteiger partial charge in [-0.2, -0.15) is 0 Å². The lowest BCUT2D eigenvalue weighted by Crippen LogP contribution is -2.68. The van der Waals surface area contributed by atoms with E-state index in [0.717, 1.165) is 10.5 Å². The van der Waals surface area contributed by atoms with Crippen molar-refractivity contribution in [3.8, 4) is 0 Å². The summed E-state index contributed by atoms with van der Waals surface area (Å²) in [6.07, 6.45) is -6.78. The summed E-state index contributed by atoms with van der Waals surface area (Å²) in [5.41, 5.74) is 0.730. The minimum atomic E-state index is -1.60. The molecule has 1 heterocycles. The molecule has 1 aromatic rings. The fourth-order valence-electron chi connectivity index (χ4n) is 2.85. The molecule has 0 aromatic heterocycles. The topological polar surface area (TPSA) is 149 Å². The maximum atomic E-state index is 12.2. The Balaban J connectivity index is 2.14. The average Bonchev–Trinajstić information content (AvgIpc) is 2.69. The largest absolute Gasteiger partial charge is 0.465 e. The van der Waals surface area contributed by atoms with E-state index in [1.807, 2.05) is 6.07 Å². The van der Waals surface area contributed by atoms with Crippen LogP contribution < -0.4 is 5.32 Å². The molecule has 0 saturated carbocycles. The first kappa shape index (κ1) is 21.6. The van der Waals surface area contributed by atoms with Gasteiger partial charge >= 0.3 is 12.2 Å². The fraction of sp³-hybridized carbons (Fsp3) is 0.444. The van der Waals surface area contributed by atoms with Gasteiger partial charge in [0.15, 0.2) is 6.23 Å². The van der Waals surface area contributed by atoms with Crippen molar-refractivity contribution < 1.29 is 39.5 Å². The number of aliphatic hydroxyl groups is 3. The van der Waals surface area contributed by atoms with E-state index in [2.05, 4.69) is 11.9 Å². The number of alkyl carbamates (subject to hydrolysis) is 1. The molecule has 0 unspecified atom stereocenters. The number of carbonyl (C=O) groups is 2. The highest BCUT2D eigenvalue weighted by Gasteiger charge is 2.48. The SMILES string of the molecule is C=CCN(C(=O)O)[C@@H]1O[C@H](CO)[C@H](O)[C@H](O)[C@H]1NC(=O)OCc1ccccc1. The molecule has 1 saturated heterocycles. The zero-order valence-corrected chi connectivity index (χ0v) is 15.0. The van der Waals surface area contributed by atoms with E-state index in [4.69, 9.17) is 9.47 Å². The number of nitrogens with zero attached hydrogens (tertiary/aromatic N) is 1. The van der Waals surface area contributed by atoms with Gasteiger partial charge in [0.1, 0.15) is 31.0 Å². The highest BCUT2D eigenvalue weighted by Crippen LogP contribution is 2.24. The third-order valence-corrected chi connectivity index (χ3v) is 4.28. The average molecular weight is 396 g/mol. The summed E-state index contributed by atoms with van der Waals surface area (Å²) in [6, 6.07) is 7.52. The minimum absolute atomic E-state index is 0.0435. The Labute approximate surface area is 161 Å². The number of aliphatic hydroxyl groups excluding tert-OH is 3. The Morgan fingerprint density at radius 3 is 2.50 bits per heavy atom. The van der Waals surface area contributed by atoms with Crippen molar-refractivity contribution in [2.24, 2.45) is 0 Å². The summed E-state index contributed by atoms with van der Waals surface area (Å²) >= 11 is 0. The van der Waals surface area contributed by atoms with E-state index in [0.29, 0.717) is 0 Å². The molecular formula is C18H24N2O8. The van der Waals surface area contributed by atoms with Gasteiger partial charge in [-0.15, -0.1) is 6.58 Å². The Hall–Kier alpha value is -2.66. The Morgan fingerprint density at radius 2 is 1.93 bits per heavy atom. The first-order chi connectivity index (χ1) is 13.4. The lowest BCUT2D eigenvalue weighted by atomic mass is 9.95. The normalized spacial score (nSPS) is 26.9. The first-order valence-electron chi connectivity index (χ1n) is 8.59. The van der Waals surface area contributed by atoms with Crippen molar-refractivity contribution >= 4 is 12.2 Å². The third kappa shape index (κ3) is 5.20. The van der Waals surface area contributed by atoms with Gasteiger partial charge in [0, 0.05) is 6.54 Å². The molecule has 2 amide bonds. The van der Waals surface area contributed by atoms with Crippen LogP contribution in [0.5, 0.6) is 0 Å². The van der Waals surface area contributed by atoms with Crippen LogP contribution in [0.2, 0.25) is 0 Å². The molecule has 1 fully saturated rings. The standard InChI is InChI=1S/C18H24N2O8/c1-2-8-20(18(25)26)16-13(15(23)14(22)12(9-21)28-16)19-17(24)27-10-11-6-4-3-5-7-11/h2-7,12-16,21-23H,1,8-10H2,(H,19,24)(H,25,26)/t12-,13-,14+,15-,16-/m1/s1. The monoisotopic (exact) mass is 396 g/mol. The maximum absolute atomic E-state index is 12.2. The van der Waals surface area contributed by atoms with Crippen LogP contribution in [0, 0.1) is 0 Å². The lowest BCUT2D eigenvalue weighted by Gasteiger charge is -2.45. The van der Waals surface area contributed by atoms with Gasteiger partial charge in [-0.05, 0) is 5.56 Å². The summed E-state index contributed by atoms with van der Waals surface area (Å²) < 4.78 is 10.5. The second-order valence-corrected chi connectivity index (χ2v) is 6.18. The summed E-state index contributed by atoms with van der Waals surface area (Å²) in [5, 5.41) is 41.6. The number of carbonyl (C=O) groups excluding carboxylic acids is 1. The van der Waals surface area contributed by atoms with E-state index in [9.17, 15) is 30.0 Å². The van der Waals surface area contributed by atoms with Gasteiger partial charge in [-0.3, -0.25) is 4.90 Å². The number of carboxylic acid groups (broad SMARTS) is 1. The van der Waals surface area contributed by atoms with Crippen LogP contribution in [-0.4, -0.2) is 81.2 Å². The van der Waals surface area contributed by atoms with Gasteiger partial charge in [0.25, 0.3) is 0 Å². The number of rotatable bonds is 7. The highest BCUT2D eigenvalue weighted by atomic mass is 16.6. The number of benzene rings is 1. The van der Waals surface area contributed by atoms with Crippen molar-refractivity contribution in [2.45, 2.75) is 37.2 Å². The lowest BCUT2D eigenvalue weighted by molar-refractivity contribution is -0.223. The van der Waals surface area contributed by atoms with E-state index in [-0.39, 0.29) is 13.2 Å². The zero-order chi connectivity index (χ0) is 20.7. The van der Waals surface area contributed by atoms with Crippen molar-refractivity contribution in [1.29, 1.82) is 0 Å². The molecule has 1 aliphatic rings. The van der Waals surface area contributed by atoms with Crippen molar-refractivity contribution in [2.75, 3.05) is 13.2 Å². The second-order valence-electron chi connectivity index (χ2n) is 6.18. The Kier molecular flexibility index (Phi) is 7.76. The van der Waals surface area contributed by atoms with Crippen LogP contribution >= 0.6 is 0 Å². The van der Waals surface area contributed by atoms with E-state index < -0.39 is 49.4 Å². The van der Waals surface area contributed by atoms with E-state index in [1.165, 1.54) is 6.08 Å². The van der Waals surface area contributed by atoms with Gasteiger partial charge in [0.05, 0.1) is 6.61 Å². The molecule has 154 valence electrons. The molecule has 0 bridgehead atoms. The summed E-state index contributed by atoms with van der Waals surface area (Å²) in [7, 11) is 0. The van der Waals surface area contributed by atoms with Crippen LogP contribution in [0.25, 0.3) is 0 Å². The number of nitrogens with one attached hydrogen (secondary N) is 1. The van der Waals surface area contributed by atoms with E-state index in [1.54, 1.807) is 24.3 Å². The van der Waals surface area contributed by atoms with Crippen molar-refractivity contribution in [3.63, 3.8) is 0 Å². The molecule has 28 heavy (non-hydrogen) atoms. The highest BCUT2D eigenvalue weighted by molar-refractivity contribution is 5.69. The molecule has 1 aromatic carbocycles. The van der Waals surface area contributed by atoms with Crippen LogP contribution in [0.1, 0.15) is 5.56 Å². The minimum Gasteiger partial charge on any atom is -0.465 e. The van der Waals surface area contributed by atoms with Crippen LogP contribution in [0.4, 0.5) is 9.59 Å². The number of hydrogen-bond acceptors (Lipinski definition) is 7. The second kappa shape index (κ2) is 10.0. The predicted molar refractivity (Wildman–Crippen MR) is 96.2 cm³/mol. The van der Waals surface area contributed by atoms with Crippen LogP contribution in [0.3, 0.4) is 0 Å². The van der Waals surface area contributed by atoms with E-state index >= 15 is 0 Å². The zero-order valence-electron chi connectivity index (χ0n) is 15.0. The van der Waals surface area contributed by atoms with Crippen molar-refractivity contribution in [1.82, 2.24) is 10.2 Å². The molecule has 5 atom stereocenters. The van der Waals surface area contributed by atoms with Crippen LogP contribution in [0.15, 0.2) is 43.0 Å². The summed E-state index contributed by atoms with van der Waals surface area (Å²) in [4.78, 5) is 24.5. The molecule has 1 aliphatic heterocycles. The first-order valence-corrected chi connectivity index (χ1v) is 8.59. The summed E-state index contributed by atoms with van der Waals surface area (Å²) in [5.74, 6) is 0. The molecule has 10 heteroatoms. The maximum Gasteiger partial charge on any atom is 0.409 e. The molecule has 0 radical (unpaired) electrons. The number of hydrogen-bond donors (Lipinski definition) is 5. The molecule has 10 nitrogen and oxygen atoms in total. The van der Waals surface area contributed by atoms with Crippen LogP contribution in [-0.2, 0) is 16.1 Å². The quantitative estimate of drug-likeness (QED) is 0.401. The Bertz CT molecular complexity index is 671. The molecule has 5 N–H and O–H groups in total. The molecule has 0 spiro atoms. The van der Waals surface area contributed by atoms with Crippen molar-refractivity contribution in [3.05, 3.63) is 48.6 Å². The predicted octanol–water partition coefficient (Wildman–Crippen LogP) is -0.114. The van der Waals surface area contributed by atoms with Gasteiger partial charge in [-0.1, -0.05) is 36.4 Å². The molecule has 2 rings (SSSR count). The number of amides is 2.